The molecule has 2 aliphatic rings. The minimum absolute atomic E-state index is 0.0774. The van der Waals surface area contributed by atoms with E-state index >= 15 is 0 Å². The number of rotatable bonds is 2. The quantitative estimate of drug-likeness (QED) is 0.540. The number of fused-ring (bicyclic) bond motifs is 2. The highest BCUT2D eigenvalue weighted by Gasteiger charge is 2.40. The molecule has 1 aromatic rings. The van der Waals surface area contributed by atoms with Crippen LogP contribution in [0.4, 0.5) is 0 Å². The maximum Gasteiger partial charge on any atom is 0.224 e. The Morgan fingerprint density at radius 2 is 1.93 bits per heavy atom. The normalized spacial score (nSPS) is 27.9. The largest absolute Gasteiger partial charge is 0.309 e. The van der Waals surface area contributed by atoms with Gasteiger partial charge in [0.25, 0.3) is 0 Å². The Balaban J connectivity index is 1.90. The van der Waals surface area contributed by atoms with Crippen molar-refractivity contribution in [2.24, 2.45) is 0 Å². The highest BCUT2D eigenvalue weighted by Crippen LogP contribution is 2.30. The molecule has 0 amide bonds. The van der Waals surface area contributed by atoms with E-state index in [4.69, 9.17) is 14.5 Å². The van der Waals surface area contributed by atoms with Crippen molar-refractivity contribution in [3.05, 3.63) is 47.5 Å². The molecule has 1 saturated heterocycles. The van der Waals surface area contributed by atoms with Gasteiger partial charge >= 0.3 is 0 Å². The molecular weight excluding hydrogens is 196 g/mol. The topological polar surface area (TPSA) is 44.8 Å². The van der Waals surface area contributed by atoms with E-state index in [9.17, 15) is 4.79 Å². The summed E-state index contributed by atoms with van der Waals surface area (Å²) >= 11 is 0. The van der Waals surface area contributed by atoms with Gasteiger partial charge in [-0.2, -0.15) is 9.78 Å². The first-order valence-electron chi connectivity index (χ1n) is 4.63. The third kappa shape index (κ3) is 1.39. The molecule has 0 saturated carbocycles. The molecule has 0 aromatic heterocycles. The van der Waals surface area contributed by atoms with E-state index in [0.29, 0.717) is 11.1 Å². The van der Waals surface area contributed by atoms with Crippen LogP contribution in [0.3, 0.4) is 0 Å². The zero-order valence-corrected chi connectivity index (χ0v) is 7.75. The van der Waals surface area contributed by atoms with Crippen LogP contribution in [-0.2, 0) is 14.5 Å². The highest BCUT2D eigenvalue weighted by molar-refractivity contribution is 6.09. The number of ketones is 1. The van der Waals surface area contributed by atoms with Gasteiger partial charge in [0, 0.05) is 5.56 Å². The van der Waals surface area contributed by atoms with Crippen molar-refractivity contribution in [1.82, 2.24) is 0 Å². The van der Waals surface area contributed by atoms with Crippen LogP contribution in [0.2, 0.25) is 0 Å². The van der Waals surface area contributed by atoms with E-state index < -0.39 is 12.6 Å². The summed E-state index contributed by atoms with van der Waals surface area (Å²) in [4.78, 5) is 21.5. The van der Waals surface area contributed by atoms with E-state index in [-0.39, 0.29) is 5.78 Å². The predicted octanol–water partition coefficient (Wildman–Crippen LogP) is 1.44. The molecule has 2 bridgehead atoms. The molecule has 2 unspecified atom stereocenters. The Kier molecular flexibility index (Phi) is 1.92. The average molecular weight is 204 g/mol. The smallest absolute Gasteiger partial charge is 0.224 e. The van der Waals surface area contributed by atoms with Gasteiger partial charge < -0.3 is 4.74 Å². The number of hydrogen-bond donors (Lipinski definition) is 0. The fraction of sp³-hybridized carbons (Fsp3) is 0.182. The molecule has 4 nitrogen and oxygen atoms in total. The van der Waals surface area contributed by atoms with Gasteiger partial charge in [-0.15, -0.1) is 0 Å². The maximum atomic E-state index is 12.0. The molecule has 0 spiro atoms. The molecule has 1 fully saturated rings. The molecule has 2 atom stereocenters. The summed E-state index contributed by atoms with van der Waals surface area (Å²) in [5, 5.41) is 0. The second-order valence-electron chi connectivity index (χ2n) is 3.35. The van der Waals surface area contributed by atoms with Gasteiger partial charge in [0.1, 0.15) is 0 Å². The Morgan fingerprint density at radius 1 is 1.13 bits per heavy atom. The van der Waals surface area contributed by atoms with Gasteiger partial charge in [-0.3, -0.25) is 4.79 Å². The molecule has 0 radical (unpaired) electrons. The minimum atomic E-state index is -0.664. The van der Waals surface area contributed by atoms with Crippen molar-refractivity contribution in [1.29, 1.82) is 0 Å². The lowest BCUT2D eigenvalue weighted by molar-refractivity contribution is -0.287. The molecule has 1 aromatic carbocycles. The lowest BCUT2D eigenvalue weighted by Gasteiger charge is -2.08. The van der Waals surface area contributed by atoms with E-state index in [0.717, 1.165) is 0 Å². The summed E-state index contributed by atoms with van der Waals surface area (Å²) in [5.41, 5.74) is 1.14. The predicted molar refractivity (Wildman–Crippen MR) is 49.7 cm³/mol. The van der Waals surface area contributed by atoms with Gasteiger partial charge in [-0.05, 0) is 6.08 Å². The first-order chi connectivity index (χ1) is 7.34. The zero-order valence-electron chi connectivity index (χ0n) is 7.75. The molecule has 2 aliphatic heterocycles. The Bertz CT molecular complexity index is 423. The summed E-state index contributed by atoms with van der Waals surface area (Å²) in [7, 11) is 0. The van der Waals surface area contributed by atoms with Crippen LogP contribution < -0.4 is 0 Å². The summed E-state index contributed by atoms with van der Waals surface area (Å²) < 4.78 is 5.17. The van der Waals surface area contributed by atoms with Crippen LogP contribution in [0.25, 0.3) is 0 Å². The van der Waals surface area contributed by atoms with E-state index in [2.05, 4.69) is 0 Å². The summed E-state index contributed by atoms with van der Waals surface area (Å²) in [6.07, 6.45) is 0.448. The highest BCUT2D eigenvalue weighted by atomic mass is 17.3. The molecule has 2 heterocycles. The monoisotopic (exact) mass is 204 g/mol. The molecule has 15 heavy (non-hydrogen) atoms. The van der Waals surface area contributed by atoms with Gasteiger partial charge in [0.15, 0.2) is 5.78 Å². The number of benzene rings is 1. The van der Waals surface area contributed by atoms with Crippen LogP contribution in [-0.4, -0.2) is 18.4 Å². The van der Waals surface area contributed by atoms with Crippen molar-refractivity contribution in [3.8, 4) is 0 Å². The molecule has 76 valence electrons. The number of ether oxygens (including phenoxy) is 1. The molecule has 0 N–H and O–H groups in total. The average Bonchev–Trinajstić information content (AvgIpc) is 2.91. The number of hydrogen-bond acceptors (Lipinski definition) is 4. The lowest BCUT2D eigenvalue weighted by atomic mass is 10.0. The SMILES string of the molecule is O=C(C1=CC2OOC1O2)c1ccccc1. The van der Waals surface area contributed by atoms with E-state index in [1.165, 1.54) is 0 Å². The van der Waals surface area contributed by atoms with Gasteiger partial charge in [0.05, 0.1) is 5.57 Å². The minimum Gasteiger partial charge on any atom is -0.309 e. The maximum absolute atomic E-state index is 12.0. The van der Waals surface area contributed by atoms with Gasteiger partial charge in [-0.1, -0.05) is 30.3 Å². The number of carbonyl (C=O) groups excluding carboxylic acids is 1. The van der Waals surface area contributed by atoms with Crippen molar-refractivity contribution >= 4 is 5.78 Å². The van der Waals surface area contributed by atoms with Crippen LogP contribution in [0.15, 0.2) is 42.0 Å². The fourth-order valence-electron chi connectivity index (χ4n) is 1.63. The Labute approximate surface area is 86.0 Å². The first-order valence-corrected chi connectivity index (χ1v) is 4.63. The number of Topliss-reactive ketones (excluding diaryl/α,β-unsaturated/α-hetero) is 1. The van der Waals surface area contributed by atoms with Crippen molar-refractivity contribution in [2.45, 2.75) is 12.6 Å². The van der Waals surface area contributed by atoms with Gasteiger partial charge in [0.2, 0.25) is 12.6 Å². The molecular formula is C11H8O4. The fourth-order valence-corrected chi connectivity index (χ4v) is 1.63. The van der Waals surface area contributed by atoms with Crippen LogP contribution in [0.5, 0.6) is 0 Å². The molecule has 3 rings (SSSR count). The summed E-state index contributed by atoms with van der Waals surface area (Å²) in [5.74, 6) is -0.0774. The third-order valence-corrected chi connectivity index (χ3v) is 2.36. The van der Waals surface area contributed by atoms with Gasteiger partial charge in [-0.25, -0.2) is 0 Å². The van der Waals surface area contributed by atoms with Crippen LogP contribution in [0.1, 0.15) is 10.4 Å². The Morgan fingerprint density at radius 3 is 2.53 bits per heavy atom. The second-order valence-corrected chi connectivity index (χ2v) is 3.35. The second kappa shape index (κ2) is 3.27. The standard InChI is InChI=1S/C11H8O4/c12-10(7-4-2-1-3-5-7)8-6-9-13-11(8)15-14-9/h1-6,9,11H. The Hall–Kier alpha value is -1.49. The molecule has 0 aliphatic carbocycles. The van der Waals surface area contributed by atoms with E-state index in [1.807, 2.05) is 18.2 Å². The summed E-state index contributed by atoms with van der Waals surface area (Å²) in [6.45, 7) is 0. The van der Waals surface area contributed by atoms with Crippen molar-refractivity contribution in [2.75, 3.05) is 0 Å². The van der Waals surface area contributed by atoms with Crippen molar-refractivity contribution in [3.63, 3.8) is 0 Å². The van der Waals surface area contributed by atoms with Crippen LogP contribution in [0, 0.1) is 0 Å². The van der Waals surface area contributed by atoms with Crippen molar-refractivity contribution < 1.29 is 19.3 Å². The molecule has 4 heteroatoms. The van der Waals surface area contributed by atoms with E-state index in [1.54, 1.807) is 18.2 Å². The lowest BCUT2D eigenvalue weighted by Crippen LogP contribution is -2.17. The number of carbonyl (C=O) groups is 1. The third-order valence-electron chi connectivity index (χ3n) is 2.36. The first kappa shape index (κ1) is 8.79. The summed E-state index contributed by atoms with van der Waals surface area (Å²) in [6, 6.07) is 9.02. The van der Waals surface area contributed by atoms with Crippen LogP contribution >= 0.6 is 0 Å². The zero-order chi connectivity index (χ0) is 10.3.